The molecule has 0 unspecified atom stereocenters. The van der Waals surface area contributed by atoms with E-state index in [0.29, 0.717) is 0 Å². The summed E-state index contributed by atoms with van der Waals surface area (Å²) >= 11 is 0. The number of nitrogens with two attached hydrogens (primary N) is 1. The van der Waals surface area contributed by atoms with Crippen molar-refractivity contribution in [1.29, 1.82) is 5.41 Å². The van der Waals surface area contributed by atoms with Crippen molar-refractivity contribution >= 4 is 11.7 Å². The van der Waals surface area contributed by atoms with Gasteiger partial charge >= 0.3 is 0 Å². The highest BCUT2D eigenvalue weighted by atomic mass is 15.4. The average Bonchev–Trinajstić information content (AvgIpc) is 2.44. The van der Waals surface area contributed by atoms with Crippen molar-refractivity contribution in [1.82, 2.24) is 9.78 Å². The SMILES string of the molecule is CCN(CC)c1c(C(=N)N)c(C)nn1C. The highest BCUT2D eigenvalue weighted by Gasteiger charge is 2.19. The van der Waals surface area contributed by atoms with Gasteiger partial charge in [0.05, 0.1) is 11.3 Å². The minimum Gasteiger partial charge on any atom is -0.384 e. The summed E-state index contributed by atoms with van der Waals surface area (Å²) in [7, 11) is 1.88. The number of nitrogens with one attached hydrogen (secondary N) is 1. The molecule has 1 heterocycles. The normalized spacial score (nSPS) is 10.4. The molecule has 3 N–H and O–H groups in total. The molecule has 1 aromatic heterocycles. The van der Waals surface area contributed by atoms with Crippen molar-refractivity contribution in [2.45, 2.75) is 20.8 Å². The fourth-order valence-electron chi connectivity index (χ4n) is 1.85. The molecule has 0 fully saturated rings. The molecule has 0 amide bonds. The Bertz CT molecular complexity index is 362. The summed E-state index contributed by atoms with van der Waals surface area (Å²) in [5.74, 6) is 1.02. The van der Waals surface area contributed by atoms with Crippen LogP contribution in [0.15, 0.2) is 0 Å². The molecule has 0 saturated heterocycles. The summed E-state index contributed by atoms with van der Waals surface area (Å²) in [6.45, 7) is 7.81. The van der Waals surface area contributed by atoms with Crippen LogP contribution in [-0.2, 0) is 7.05 Å². The van der Waals surface area contributed by atoms with Crippen molar-refractivity contribution in [3.05, 3.63) is 11.3 Å². The number of nitrogens with zero attached hydrogens (tertiary/aromatic N) is 3. The highest BCUT2D eigenvalue weighted by molar-refractivity contribution is 6.00. The number of rotatable bonds is 4. The van der Waals surface area contributed by atoms with E-state index in [1.807, 2.05) is 14.0 Å². The number of aryl methyl sites for hydroxylation is 2. The Hall–Kier alpha value is -1.52. The summed E-state index contributed by atoms with van der Waals surface area (Å²) in [5.41, 5.74) is 7.14. The first-order valence-electron chi connectivity index (χ1n) is 5.15. The molecule has 0 saturated carbocycles. The zero-order valence-electron chi connectivity index (χ0n) is 9.83. The van der Waals surface area contributed by atoms with Crippen molar-refractivity contribution in [3.63, 3.8) is 0 Å². The van der Waals surface area contributed by atoms with Crippen LogP contribution in [0.5, 0.6) is 0 Å². The molecule has 0 bridgehead atoms. The van der Waals surface area contributed by atoms with E-state index in [-0.39, 0.29) is 5.84 Å². The Morgan fingerprint density at radius 2 is 2.00 bits per heavy atom. The van der Waals surface area contributed by atoms with Crippen LogP contribution in [0.25, 0.3) is 0 Å². The van der Waals surface area contributed by atoms with E-state index in [9.17, 15) is 0 Å². The molecule has 0 radical (unpaired) electrons. The van der Waals surface area contributed by atoms with Gasteiger partial charge in [0.2, 0.25) is 0 Å². The Balaban J connectivity index is 3.31. The van der Waals surface area contributed by atoms with Crippen molar-refractivity contribution in [2.75, 3.05) is 18.0 Å². The Morgan fingerprint density at radius 1 is 1.47 bits per heavy atom. The Kier molecular flexibility index (Phi) is 3.34. The van der Waals surface area contributed by atoms with Crippen LogP contribution in [0.4, 0.5) is 5.82 Å². The molecule has 1 aromatic rings. The van der Waals surface area contributed by atoms with Crippen molar-refractivity contribution < 1.29 is 0 Å². The van der Waals surface area contributed by atoms with E-state index in [2.05, 4.69) is 23.8 Å². The van der Waals surface area contributed by atoms with Gasteiger partial charge < -0.3 is 10.6 Å². The molecule has 1 rings (SSSR count). The first-order chi connectivity index (χ1) is 7.02. The Morgan fingerprint density at radius 3 is 2.40 bits per heavy atom. The van der Waals surface area contributed by atoms with Gasteiger partial charge in [-0.05, 0) is 20.8 Å². The van der Waals surface area contributed by atoms with E-state index in [4.69, 9.17) is 11.1 Å². The van der Waals surface area contributed by atoms with Gasteiger partial charge in [-0.25, -0.2) is 0 Å². The first kappa shape index (κ1) is 11.6. The lowest BCUT2D eigenvalue weighted by molar-refractivity contribution is 0.715. The smallest absolute Gasteiger partial charge is 0.137 e. The molecule has 0 aliphatic heterocycles. The third kappa shape index (κ3) is 1.95. The number of aromatic nitrogens is 2. The number of anilines is 1. The van der Waals surface area contributed by atoms with E-state index in [0.717, 1.165) is 30.2 Å². The van der Waals surface area contributed by atoms with Crippen molar-refractivity contribution in [3.8, 4) is 0 Å². The van der Waals surface area contributed by atoms with Gasteiger partial charge in [-0.2, -0.15) is 5.10 Å². The zero-order chi connectivity index (χ0) is 11.6. The number of amidine groups is 1. The predicted octanol–water partition coefficient (Wildman–Crippen LogP) is 0.859. The van der Waals surface area contributed by atoms with Gasteiger partial charge in [0, 0.05) is 20.1 Å². The minimum absolute atomic E-state index is 0.0856. The van der Waals surface area contributed by atoms with Crippen LogP contribution in [0, 0.1) is 12.3 Å². The summed E-state index contributed by atoms with van der Waals surface area (Å²) in [4.78, 5) is 2.15. The Labute approximate surface area is 90.4 Å². The molecule has 0 atom stereocenters. The number of hydrogen-bond acceptors (Lipinski definition) is 3. The maximum atomic E-state index is 7.57. The molecule has 5 nitrogen and oxygen atoms in total. The molecule has 0 aromatic carbocycles. The van der Waals surface area contributed by atoms with Crippen LogP contribution in [0.1, 0.15) is 25.1 Å². The standard InChI is InChI=1S/C10H19N5/c1-5-15(6-2)10-8(9(11)12)7(3)13-14(10)4/h5-6H2,1-4H3,(H3,11,12). The number of nitrogen functional groups attached to an aromatic ring is 1. The highest BCUT2D eigenvalue weighted by Crippen LogP contribution is 2.22. The van der Waals surface area contributed by atoms with Gasteiger partial charge in [-0.15, -0.1) is 0 Å². The second-order valence-corrected chi connectivity index (χ2v) is 3.49. The van der Waals surface area contributed by atoms with Crippen LogP contribution >= 0.6 is 0 Å². The van der Waals surface area contributed by atoms with Gasteiger partial charge in [0.15, 0.2) is 0 Å². The fraction of sp³-hybridized carbons (Fsp3) is 0.600. The van der Waals surface area contributed by atoms with Crippen LogP contribution in [0.3, 0.4) is 0 Å². The van der Waals surface area contributed by atoms with Gasteiger partial charge in [-0.3, -0.25) is 10.1 Å². The summed E-state index contributed by atoms with van der Waals surface area (Å²) < 4.78 is 1.79. The lowest BCUT2D eigenvalue weighted by Crippen LogP contribution is -2.27. The molecule has 84 valence electrons. The largest absolute Gasteiger partial charge is 0.384 e. The second-order valence-electron chi connectivity index (χ2n) is 3.49. The summed E-state index contributed by atoms with van der Waals surface area (Å²) in [6, 6.07) is 0. The summed E-state index contributed by atoms with van der Waals surface area (Å²) in [5, 5.41) is 11.9. The third-order valence-electron chi connectivity index (χ3n) is 2.52. The average molecular weight is 209 g/mol. The topological polar surface area (TPSA) is 70.9 Å². The second kappa shape index (κ2) is 4.33. The lowest BCUT2D eigenvalue weighted by Gasteiger charge is -2.22. The van der Waals surface area contributed by atoms with E-state index >= 15 is 0 Å². The van der Waals surface area contributed by atoms with Gasteiger partial charge in [0.25, 0.3) is 0 Å². The lowest BCUT2D eigenvalue weighted by atomic mass is 10.2. The van der Waals surface area contributed by atoms with Gasteiger partial charge in [0.1, 0.15) is 11.7 Å². The third-order valence-corrected chi connectivity index (χ3v) is 2.52. The molecule has 0 aliphatic rings. The quantitative estimate of drug-likeness (QED) is 0.570. The van der Waals surface area contributed by atoms with Crippen molar-refractivity contribution in [2.24, 2.45) is 12.8 Å². The fourth-order valence-corrected chi connectivity index (χ4v) is 1.85. The van der Waals surface area contributed by atoms with Crippen LogP contribution in [-0.4, -0.2) is 28.7 Å². The molecule has 0 aliphatic carbocycles. The minimum atomic E-state index is 0.0856. The molecule has 0 spiro atoms. The summed E-state index contributed by atoms with van der Waals surface area (Å²) in [6.07, 6.45) is 0. The monoisotopic (exact) mass is 209 g/mol. The van der Waals surface area contributed by atoms with Crippen LogP contribution in [0.2, 0.25) is 0 Å². The molecular formula is C10H19N5. The zero-order valence-corrected chi connectivity index (χ0v) is 9.83. The van der Waals surface area contributed by atoms with E-state index < -0.39 is 0 Å². The molecule has 15 heavy (non-hydrogen) atoms. The van der Waals surface area contributed by atoms with Crippen LogP contribution < -0.4 is 10.6 Å². The first-order valence-corrected chi connectivity index (χ1v) is 5.15. The number of hydrogen-bond donors (Lipinski definition) is 2. The molecular weight excluding hydrogens is 190 g/mol. The maximum Gasteiger partial charge on any atom is 0.137 e. The van der Waals surface area contributed by atoms with E-state index in [1.165, 1.54) is 0 Å². The van der Waals surface area contributed by atoms with Gasteiger partial charge in [-0.1, -0.05) is 0 Å². The molecule has 5 heteroatoms. The predicted molar refractivity (Wildman–Crippen MR) is 62.5 cm³/mol. The maximum absolute atomic E-state index is 7.57. The van der Waals surface area contributed by atoms with E-state index in [1.54, 1.807) is 4.68 Å².